The highest BCUT2D eigenvalue weighted by Crippen LogP contribution is 2.33. The van der Waals surface area contributed by atoms with Crippen LogP contribution in [0.3, 0.4) is 0 Å². The molecule has 24 heavy (non-hydrogen) atoms. The number of carbonyl (C=O) groups excluding carboxylic acids is 1. The van der Waals surface area contributed by atoms with E-state index in [1.165, 1.54) is 0 Å². The Kier molecular flexibility index (Phi) is 4.99. The van der Waals surface area contributed by atoms with Crippen molar-refractivity contribution in [1.82, 2.24) is 9.88 Å². The Hall–Kier alpha value is -2.56. The Labute approximate surface area is 142 Å². The van der Waals surface area contributed by atoms with Gasteiger partial charge in [-0.05, 0) is 43.5 Å². The average Bonchev–Trinajstić information content (AvgIpc) is 3.12. The molecule has 1 aliphatic rings. The predicted octanol–water partition coefficient (Wildman–Crippen LogP) is 3.47. The zero-order chi connectivity index (χ0) is 16.9. The first-order chi connectivity index (χ1) is 11.7. The van der Waals surface area contributed by atoms with Gasteiger partial charge in [0.1, 0.15) is 5.75 Å². The Morgan fingerprint density at radius 2 is 2.04 bits per heavy atom. The number of nitrogens with zero attached hydrogens (tertiary/aromatic N) is 2. The molecule has 126 valence electrons. The third-order valence-corrected chi connectivity index (χ3v) is 4.29. The number of hydrogen-bond donors (Lipinski definition) is 0. The zero-order valence-electron chi connectivity index (χ0n) is 14.1. The summed E-state index contributed by atoms with van der Waals surface area (Å²) in [5.41, 5.74) is 1.74. The van der Waals surface area contributed by atoms with Gasteiger partial charge < -0.3 is 14.4 Å². The second kappa shape index (κ2) is 7.34. The van der Waals surface area contributed by atoms with Gasteiger partial charge in [0.2, 0.25) is 5.88 Å². The second-order valence-electron chi connectivity index (χ2n) is 5.75. The Morgan fingerprint density at radius 3 is 2.67 bits per heavy atom. The van der Waals surface area contributed by atoms with Crippen LogP contribution in [-0.4, -0.2) is 36.1 Å². The van der Waals surface area contributed by atoms with E-state index in [0.29, 0.717) is 18.1 Å². The molecule has 0 saturated carbocycles. The lowest BCUT2D eigenvalue weighted by Gasteiger charge is -2.25. The van der Waals surface area contributed by atoms with Crippen LogP contribution in [0, 0.1) is 0 Å². The molecule has 0 N–H and O–H groups in total. The summed E-state index contributed by atoms with van der Waals surface area (Å²) < 4.78 is 10.5. The molecule has 0 spiro atoms. The van der Waals surface area contributed by atoms with E-state index in [9.17, 15) is 4.79 Å². The molecule has 1 saturated heterocycles. The summed E-state index contributed by atoms with van der Waals surface area (Å²) >= 11 is 0. The van der Waals surface area contributed by atoms with E-state index < -0.39 is 0 Å². The molecule has 0 aliphatic carbocycles. The zero-order valence-corrected chi connectivity index (χ0v) is 14.1. The van der Waals surface area contributed by atoms with E-state index in [1.54, 1.807) is 25.4 Å². The van der Waals surface area contributed by atoms with Crippen molar-refractivity contribution in [2.75, 3.05) is 20.3 Å². The van der Waals surface area contributed by atoms with Crippen molar-refractivity contribution < 1.29 is 14.3 Å². The van der Waals surface area contributed by atoms with Crippen molar-refractivity contribution in [3.63, 3.8) is 0 Å². The normalized spacial score (nSPS) is 16.9. The van der Waals surface area contributed by atoms with E-state index in [4.69, 9.17) is 9.47 Å². The summed E-state index contributed by atoms with van der Waals surface area (Å²) in [5.74, 6) is 1.39. The first kappa shape index (κ1) is 16.3. The largest absolute Gasteiger partial charge is 0.497 e. The molecule has 3 rings (SSSR count). The maximum absolute atomic E-state index is 12.8. The van der Waals surface area contributed by atoms with Crippen molar-refractivity contribution in [3.05, 3.63) is 53.7 Å². The van der Waals surface area contributed by atoms with Gasteiger partial charge in [-0.2, -0.15) is 0 Å². The third kappa shape index (κ3) is 3.35. The van der Waals surface area contributed by atoms with Gasteiger partial charge >= 0.3 is 0 Å². The fourth-order valence-corrected chi connectivity index (χ4v) is 3.09. The van der Waals surface area contributed by atoms with E-state index >= 15 is 0 Å². The number of methoxy groups -OCH3 is 1. The summed E-state index contributed by atoms with van der Waals surface area (Å²) in [5, 5.41) is 0. The third-order valence-electron chi connectivity index (χ3n) is 4.29. The van der Waals surface area contributed by atoms with E-state index in [2.05, 4.69) is 4.98 Å². The highest BCUT2D eigenvalue weighted by Gasteiger charge is 2.30. The molecular weight excluding hydrogens is 304 g/mol. The fourth-order valence-electron chi connectivity index (χ4n) is 3.09. The lowest BCUT2D eigenvalue weighted by Crippen LogP contribution is -2.30. The predicted molar refractivity (Wildman–Crippen MR) is 91.4 cm³/mol. The highest BCUT2D eigenvalue weighted by atomic mass is 16.5. The van der Waals surface area contributed by atoms with Crippen molar-refractivity contribution >= 4 is 5.91 Å². The summed E-state index contributed by atoms with van der Waals surface area (Å²) in [6.07, 6.45) is 3.58. The van der Waals surface area contributed by atoms with E-state index in [0.717, 1.165) is 30.7 Å². The monoisotopic (exact) mass is 326 g/mol. The summed E-state index contributed by atoms with van der Waals surface area (Å²) in [6, 6.07) is 11.6. The summed E-state index contributed by atoms with van der Waals surface area (Å²) in [4.78, 5) is 19.0. The first-order valence-corrected chi connectivity index (χ1v) is 8.26. The van der Waals surface area contributed by atoms with Crippen LogP contribution in [0.15, 0.2) is 42.6 Å². The van der Waals surface area contributed by atoms with Gasteiger partial charge in [0.25, 0.3) is 5.91 Å². The Bertz CT molecular complexity index is 683. The SMILES string of the molecule is CCOc1ccc(C(=O)N2CCCC2c2ccc(OC)cc2)cn1. The van der Waals surface area contributed by atoms with E-state index in [-0.39, 0.29) is 11.9 Å². The number of carbonyl (C=O) groups is 1. The minimum Gasteiger partial charge on any atom is -0.497 e. The van der Waals surface area contributed by atoms with Crippen LogP contribution in [-0.2, 0) is 0 Å². The number of hydrogen-bond acceptors (Lipinski definition) is 4. The molecule has 5 nitrogen and oxygen atoms in total. The van der Waals surface area contributed by atoms with Gasteiger partial charge in [0, 0.05) is 18.8 Å². The van der Waals surface area contributed by atoms with E-state index in [1.807, 2.05) is 36.1 Å². The van der Waals surface area contributed by atoms with Gasteiger partial charge in [-0.25, -0.2) is 4.98 Å². The first-order valence-electron chi connectivity index (χ1n) is 8.26. The molecule has 1 unspecified atom stereocenters. The molecule has 0 radical (unpaired) electrons. The maximum Gasteiger partial charge on any atom is 0.255 e. The lowest BCUT2D eigenvalue weighted by molar-refractivity contribution is 0.0735. The quantitative estimate of drug-likeness (QED) is 0.844. The van der Waals surface area contributed by atoms with Gasteiger partial charge in [-0.15, -0.1) is 0 Å². The molecule has 0 bridgehead atoms. The molecule has 1 aromatic carbocycles. The Morgan fingerprint density at radius 1 is 1.25 bits per heavy atom. The molecule has 1 aromatic heterocycles. The molecule has 1 aliphatic heterocycles. The van der Waals surface area contributed by atoms with Crippen LogP contribution in [0.4, 0.5) is 0 Å². The number of likely N-dealkylation sites (tertiary alicyclic amines) is 1. The highest BCUT2D eigenvalue weighted by molar-refractivity contribution is 5.94. The Balaban J connectivity index is 1.77. The van der Waals surface area contributed by atoms with Crippen LogP contribution in [0.25, 0.3) is 0 Å². The molecule has 1 fully saturated rings. The number of pyridine rings is 1. The fraction of sp³-hybridized carbons (Fsp3) is 0.368. The van der Waals surface area contributed by atoms with Crippen LogP contribution in [0.2, 0.25) is 0 Å². The number of rotatable bonds is 5. The van der Waals surface area contributed by atoms with Crippen LogP contribution in [0.1, 0.15) is 41.7 Å². The van der Waals surface area contributed by atoms with Crippen molar-refractivity contribution in [2.45, 2.75) is 25.8 Å². The lowest BCUT2D eigenvalue weighted by atomic mass is 10.0. The smallest absolute Gasteiger partial charge is 0.255 e. The van der Waals surface area contributed by atoms with Crippen LogP contribution < -0.4 is 9.47 Å². The molecule has 5 heteroatoms. The molecule has 2 aromatic rings. The summed E-state index contributed by atoms with van der Waals surface area (Å²) in [6.45, 7) is 3.24. The minimum atomic E-state index is 0.0175. The van der Waals surface area contributed by atoms with Crippen molar-refractivity contribution in [3.8, 4) is 11.6 Å². The summed E-state index contributed by atoms with van der Waals surface area (Å²) in [7, 11) is 1.65. The molecule has 2 heterocycles. The number of amides is 1. The van der Waals surface area contributed by atoms with Crippen molar-refractivity contribution in [2.24, 2.45) is 0 Å². The molecule has 1 amide bonds. The second-order valence-corrected chi connectivity index (χ2v) is 5.75. The number of benzene rings is 1. The number of aromatic nitrogens is 1. The van der Waals surface area contributed by atoms with Gasteiger partial charge in [-0.3, -0.25) is 4.79 Å². The standard InChI is InChI=1S/C19H22N2O3/c1-3-24-18-11-8-15(13-20-18)19(22)21-12-4-5-17(21)14-6-9-16(23-2)10-7-14/h6-11,13,17H,3-5,12H2,1-2H3. The number of ether oxygens (including phenoxy) is 2. The average molecular weight is 326 g/mol. The van der Waals surface area contributed by atoms with Gasteiger partial charge in [0.15, 0.2) is 0 Å². The van der Waals surface area contributed by atoms with Crippen LogP contribution in [0.5, 0.6) is 11.6 Å². The molecule has 1 atom stereocenters. The van der Waals surface area contributed by atoms with Gasteiger partial charge in [-0.1, -0.05) is 12.1 Å². The maximum atomic E-state index is 12.8. The topological polar surface area (TPSA) is 51.7 Å². The molecular formula is C19H22N2O3. The van der Waals surface area contributed by atoms with Crippen LogP contribution >= 0.6 is 0 Å². The van der Waals surface area contributed by atoms with Crippen molar-refractivity contribution in [1.29, 1.82) is 0 Å². The van der Waals surface area contributed by atoms with Gasteiger partial charge in [0.05, 0.1) is 25.3 Å². The minimum absolute atomic E-state index is 0.0175.